The van der Waals surface area contributed by atoms with Crippen LogP contribution in [-0.2, 0) is 9.59 Å². The van der Waals surface area contributed by atoms with Crippen molar-refractivity contribution in [1.82, 2.24) is 15.3 Å². The zero-order valence-corrected chi connectivity index (χ0v) is 18.2. The van der Waals surface area contributed by atoms with Crippen molar-refractivity contribution in [3.63, 3.8) is 0 Å². The third-order valence-corrected chi connectivity index (χ3v) is 7.02. The van der Waals surface area contributed by atoms with Gasteiger partial charge in [0.05, 0.1) is 10.3 Å². The Hall–Kier alpha value is -2.59. The third kappa shape index (κ3) is 3.36. The molecule has 0 atom stereocenters. The third-order valence-electron chi connectivity index (χ3n) is 4.37. The van der Waals surface area contributed by atoms with E-state index >= 15 is 0 Å². The minimum atomic E-state index is -0.445. The van der Waals surface area contributed by atoms with Gasteiger partial charge in [-0.3, -0.25) is 14.9 Å². The van der Waals surface area contributed by atoms with Crippen molar-refractivity contribution in [3.8, 4) is 21.1 Å². The molecule has 5 rings (SSSR count). The summed E-state index contributed by atoms with van der Waals surface area (Å²) in [5.74, 6) is 0.282. The Bertz CT molecular complexity index is 1260. The molecule has 10 heteroatoms. The second-order valence-corrected chi connectivity index (χ2v) is 8.84. The fourth-order valence-electron chi connectivity index (χ4n) is 2.97. The van der Waals surface area contributed by atoms with Crippen LogP contribution in [0.5, 0.6) is 0 Å². The highest BCUT2D eigenvalue weighted by molar-refractivity contribution is 7.18. The van der Waals surface area contributed by atoms with E-state index in [1.807, 2.05) is 35.0 Å². The highest BCUT2D eigenvalue weighted by atomic mass is 35.5. The maximum atomic E-state index is 12.2. The molecular formula is C19H13ClN4O2S3. The molecule has 0 unspecified atom stereocenters. The molecule has 0 aromatic carbocycles. The number of nitrogens with zero attached hydrogens (tertiary/aromatic N) is 2. The summed E-state index contributed by atoms with van der Waals surface area (Å²) in [7, 11) is 0. The fourth-order valence-corrected chi connectivity index (χ4v) is 5.39. The van der Waals surface area contributed by atoms with Gasteiger partial charge in [0, 0.05) is 21.4 Å². The van der Waals surface area contributed by atoms with Crippen molar-refractivity contribution >= 4 is 74.3 Å². The van der Waals surface area contributed by atoms with Gasteiger partial charge in [-0.05, 0) is 29.8 Å². The Morgan fingerprint density at radius 1 is 0.966 bits per heavy atom. The van der Waals surface area contributed by atoms with Crippen LogP contribution in [0.1, 0.15) is 6.92 Å². The lowest BCUT2D eigenvalue weighted by Crippen LogP contribution is -2.24. The summed E-state index contributed by atoms with van der Waals surface area (Å²) in [6, 6.07) is 7.94. The lowest BCUT2D eigenvalue weighted by atomic mass is 10.2. The number of rotatable bonds is 4. The molecule has 0 fully saturated rings. The van der Waals surface area contributed by atoms with E-state index < -0.39 is 5.91 Å². The normalized spacial score (nSPS) is 13.7. The van der Waals surface area contributed by atoms with Crippen molar-refractivity contribution in [1.29, 1.82) is 0 Å². The van der Waals surface area contributed by atoms with Gasteiger partial charge in [0.1, 0.15) is 16.3 Å². The summed E-state index contributed by atoms with van der Waals surface area (Å²) < 4.78 is 0. The number of carbonyl (C=O) groups excluding carboxylic acids is 2. The first-order chi connectivity index (χ1) is 13.6. The smallest absolute Gasteiger partial charge is 0.275 e. The predicted octanol–water partition coefficient (Wildman–Crippen LogP) is 4.91. The first kappa shape index (κ1) is 19.7. The molecule has 0 saturated heterocycles. The summed E-state index contributed by atoms with van der Waals surface area (Å²) in [4.78, 5) is 36.4. The van der Waals surface area contributed by atoms with Gasteiger partial charge in [-0.1, -0.05) is 12.1 Å². The largest absolute Gasteiger partial charge is 0.335 e. The molecule has 0 saturated carbocycles. The van der Waals surface area contributed by atoms with Crippen LogP contribution < -0.4 is 10.6 Å². The predicted molar refractivity (Wildman–Crippen MR) is 121 cm³/mol. The van der Waals surface area contributed by atoms with E-state index in [4.69, 9.17) is 9.97 Å². The number of halogens is 1. The monoisotopic (exact) mass is 460 g/mol. The second-order valence-electron chi connectivity index (χ2n) is 6.09. The Balaban J connectivity index is 0.00000205. The molecule has 29 heavy (non-hydrogen) atoms. The van der Waals surface area contributed by atoms with Crippen molar-refractivity contribution < 1.29 is 9.59 Å². The number of hydrogen-bond donors (Lipinski definition) is 2. The molecule has 5 heterocycles. The second kappa shape index (κ2) is 7.68. The van der Waals surface area contributed by atoms with Crippen LogP contribution in [0.15, 0.2) is 51.7 Å². The summed E-state index contributed by atoms with van der Waals surface area (Å²) >= 11 is 4.72. The Morgan fingerprint density at radius 3 is 2.31 bits per heavy atom. The van der Waals surface area contributed by atoms with E-state index in [1.165, 1.54) is 11.3 Å². The average molecular weight is 461 g/mol. The number of imide groups is 1. The van der Waals surface area contributed by atoms with E-state index in [-0.39, 0.29) is 24.0 Å². The van der Waals surface area contributed by atoms with Crippen LogP contribution in [0, 0.1) is 0 Å². The highest BCUT2D eigenvalue weighted by Gasteiger charge is 2.29. The molecule has 4 aromatic heterocycles. The van der Waals surface area contributed by atoms with E-state index in [1.54, 1.807) is 29.6 Å². The molecule has 0 radical (unpaired) electrons. The van der Waals surface area contributed by atoms with Gasteiger partial charge in [0.15, 0.2) is 5.82 Å². The number of anilines is 1. The van der Waals surface area contributed by atoms with Crippen LogP contribution in [0.4, 0.5) is 5.82 Å². The number of fused-ring (bicyclic) bond motifs is 1. The number of nitrogens with one attached hydrogen (secondary N) is 2. The minimum absolute atomic E-state index is 0. The first-order valence-electron chi connectivity index (χ1n) is 8.32. The average Bonchev–Trinajstić information content (AvgIpc) is 3.46. The molecule has 1 aliphatic heterocycles. The number of hydrogen-bond acceptors (Lipinski definition) is 8. The molecule has 0 bridgehead atoms. The fraction of sp³-hybridized carbons (Fsp3) is 0.0526. The van der Waals surface area contributed by atoms with E-state index in [2.05, 4.69) is 16.0 Å². The summed E-state index contributed by atoms with van der Waals surface area (Å²) in [6.45, 7) is 1.62. The molecule has 2 N–H and O–H groups in total. The van der Waals surface area contributed by atoms with E-state index in [9.17, 15) is 9.59 Å². The Kier molecular flexibility index (Phi) is 5.22. The molecule has 4 aromatic rings. The van der Waals surface area contributed by atoms with Gasteiger partial charge < -0.3 is 5.32 Å². The van der Waals surface area contributed by atoms with Crippen LogP contribution in [-0.4, -0.2) is 21.8 Å². The lowest BCUT2D eigenvalue weighted by Gasteiger charge is -2.10. The van der Waals surface area contributed by atoms with Crippen molar-refractivity contribution in [2.24, 2.45) is 0 Å². The van der Waals surface area contributed by atoms with Crippen molar-refractivity contribution in [2.45, 2.75) is 6.92 Å². The molecule has 2 amide bonds. The molecule has 0 spiro atoms. The number of thiophene rings is 3. The molecule has 1 aliphatic rings. The van der Waals surface area contributed by atoms with Gasteiger partial charge in [-0.15, -0.1) is 46.4 Å². The maximum absolute atomic E-state index is 12.2. The first-order valence-corrected chi connectivity index (χ1v) is 11.0. The molecular weight excluding hydrogens is 448 g/mol. The summed E-state index contributed by atoms with van der Waals surface area (Å²) in [5.41, 5.74) is 1.59. The SMILES string of the molecule is CC1=C(Nc2nc(-c3cccs3)nc3scc(-c4cccs4)c23)C(=O)NC1=O.Cl. The van der Waals surface area contributed by atoms with Gasteiger partial charge in [-0.25, -0.2) is 9.97 Å². The lowest BCUT2D eigenvalue weighted by molar-refractivity contribution is -0.124. The van der Waals surface area contributed by atoms with Crippen LogP contribution >= 0.6 is 46.4 Å². The molecule has 146 valence electrons. The highest BCUT2D eigenvalue weighted by Crippen LogP contribution is 2.40. The molecule has 6 nitrogen and oxygen atoms in total. The maximum Gasteiger partial charge on any atom is 0.275 e. The zero-order chi connectivity index (χ0) is 19.3. The molecule has 0 aliphatic carbocycles. The van der Waals surface area contributed by atoms with Gasteiger partial charge in [-0.2, -0.15) is 0 Å². The van der Waals surface area contributed by atoms with Crippen LogP contribution in [0.3, 0.4) is 0 Å². The zero-order valence-electron chi connectivity index (χ0n) is 14.9. The van der Waals surface area contributed by atoms with Crippen molar-refractivity contribution in [2.75, 3.05) is 5.32 Å². The number of aromatic nitrogens is 2. The van der Waals surface area contributed by atoms with Gasteiger partial charge >= 0.3 is 0 Å². The number of carbonyl (C=O) groups is 2. The summed E-state index contributed by atoms with van der Waals surface area (Å²) in [5, 5.41) is 12.3. The van der Waals surface area contributed by atoms with E-state index in [0.29, 0.717) is 17.2 Å². The van der Waals surface area contributed by atoms with Crippen LogP contribution in [0.2, 0.25) is 0 Å². The topological polar surface area (TPSA) is 84.0 Å². The number of amides is 2. The van der Waals surface area contributed by atoms with Crippen LogP contribution in [0.25, 0.3) is 31.4 Å². The standard InChI is InChI=1S/C19H12N4O2S3.ClH/c1-9-14(18(25)23-17(9)24)20-16-13-10(11-4-2-6-26-11)8-28-19(13)22-15(21-16)12-5-3-7-27-12;/h2-8H,1H3,(H2,20,21,22,23,24,25);1H. The Labute approximate surface area is 183 Å². The minimum Gasteiger partial charge on any atom is -0.335 e. The van der Waals surface area contributed by atoms with Gasteiger partial charge in [0.2, 0.25) is 0 Å². The van der Waals surface area contributed by atoms with Crippen molar-refractivity contribution in [3.05, 3.63) is 51.7 Å². The summed E-state index contributed by atoms with van der Waals surface area (Å²) in [6.07, 6.45) is 0. The van der Waals surface area contributed by atoms with Gasteiger partial charge in [0.25, 0.3) is 11.8 Å². The quantitative estimate of drug-likeness (QED) is 0.422. The van der Waals surface area contributed by atoms with E-state index in [0.717, 1.165) is 25.5 Å². The Morgan fingerprint density at radius 2 is 1.69 bits per heavy atom.